The topological polar surface area (TPSA) is 33.4 Å². The van der Waals surface area contributed by atoms with Gasteiger partial charge < -0.3 is 4.90 Å². The fourth-order valence-corrected chi connectivity index (χ4v) is 3.03. The number of piperidine rings is 1. The third kappa shape index (κ3) is 2.73. The molecule has 2 unspecified atom stereocenters. The number of hydrogen-bond acceptors (Lipinski definition) is 3. The van der Waals surface area contributed by atoms with Crippen molar-refractivity contribution >= 4 is 22.9 Å². The predicted octanol–water partition coefficient (Wildman–Crippen LogP) is 3.48. The summed E-state index contributed by atoms with van der Waals surface area (Å²) in [6.07, 6.45) is 4.85. The number of rotatable bonds is 1. The molecular weight excluding hydrogens is 284 g/mol. The van der Waals surface area contributed by atoms with Crippen LogP contribution in [0.5, 0.6) is 0 Å². The van der Waals surface area contributed by atoms with E-state index in [1.54, 1.807) is 0 Å². The van der Waals surface area contributed by atoms with Crippen LogP contribution < -0.4 is 4.90 Å². The molecule has 2 atom stereocenters. The lowest BCUT2D eigenvalue weighted by atomic mass is 9.92. The van der Waals surface area contributed by atoms with Crippen LogP contribution >= 0.6 is 11.6 Å². The molecule has 21 heavy (non-hydrogen) atoms. The second-order valence-electron chi connectivity index (χ2n) is 7.09. The minimum atomic E-state index is 0.0364. The molecule has 1 saturated heterocycles. The van der Waals surface area contributed by atoms with Crippen LogP contribution in [0.15, 0.2) is 18.5 Å². The lowest BCUT2D eigenvalue weighted by Crippen LogP contribution is -2.41. The molecule has 114 valence electrons. The molecule has 5 heteroatoms. The van der Waals surface area contributed by atoms with Gasteiger partial charge in [0.2, 0.25) is 0 Å². The molecule has 3 heterocycles. The van der Waals surface area contributed by atoms with Crippen LogP contribution in [0.25, 0.3) is 5.52 Å². The molecule has 4 nitrogen and oxygen atoms in total. The van der Waals surface area contributed by atoms with Gasteiger partial charge in [0.1, 0.15) is 5.52 Å². The van der Waals surface area contributed by atoms with E-state index in [1.165, 1.54) is 0 Å². The first-order valence-electron chi connectivity index (χ1n) is 7.60. The van der Waals surface area contributed by atoms with Gasteiger partial charge in [0, 0.05) is 30.9 Å². The molecule has 0 bridgehead atoms. The highest BCUT2D eigenvalue weighted by atomic mass is 35.5. The molecule has 2 aromatic heterocycles. The van der Waals surface area contributed by atoms with E-state index < -0.39 is 0 Å². The summed E-state index contributed by atoms with van der Waals surface area (Å²) in [7, 11) is 0. The second kappa shape index (κ2) is 5.16. The molecule has 0 amide bonds. The molecule has 0 saturated carbocycles. The highest BCUT2D eigenvalue weighted by Crippen LogP contribution is 2.30. The van der Waals surface area contributed by atoms with E-state index in [4.69, 9.17) is 16.7 Å². The normalized spacial score (nSPS) is 23.8. The second-order valence-corrected chi connectivity index (χ2v) is 7.65. The summed E-state index contributed by atoms with van der Waals surface area (Å²) in [5.41, 5.74) is 2.19. The summed E-state index contributed by atoms with van der Waals surface area (Å²) in [5, 5.41) is 4.88. The molecule has 0 N–H and O–H groups in total. The van der Waals surface area contributed by atoms with Gasteiger partial charge in [-0.3, -0.25) is 0 Å². The number of alkyl halides is 1. The van der Waals surface area contributed by atoms with Crippen molar-refractivity contribution in [1.29, 1.82) is 0 Å². The first kappa shape index (κ1) is 14.6. The van der Waals surface area contributed by atoms with Crippen LogP contribution in [0.2, 0.25) is 0 Å². The number of fused-ring (bicyclic) bond motifs is 1. The predicted molar refractivity (Wildman–Crippen MR) is 87.3 cm³/mol. The smallest absolute Gasteiger partial charge is 0.154 e. The maximum absolute atomic E-state index is 6.45. The first-order valence-corrected chi connectivity index (χ1v) is 8.04. The van der Waals surface area contributed by atoms with Crippen molar-refractivity contribution in [2.45, 2.75) is 44.9 Å². The molecule has 1 aliphatic rings. The molecule has 2 aromatic rings. The maximum Gasteiger partial charge on any atom is 0.154 e. The lowest BCUT2D eigenvalue weighted by molar-refractivity contribution is 0.444. The summed E-state index contributed by atoms with van der Waals surface area (Å²) in [5.74, 6) is 1.57. The number of anilines is 1. The van der Waals surface area contributed by atoms with Gasteiger partial charge in [-0.05, 0) is 18.4 Å². The van der Waals surface area contributed by atoms with E-state index in [-0.39, 0.29) is 10.8 Å². The van der Waals surface area contributed by atoms with Gasteiger partial charge >= 0.3 is 0 Å². The Hall–Kier alpha value is -1.29. The van der Waals surface area contributed by atoms with E-state index in [0.29, 0.717) is 5.92 Å². The molecule has 0 radical (unpaired) electrons. The highest BCUT2D eigenvalue weighted by Gasteiger charge is 2.27. The van der Waals surface area contributed by atoms with Crippen molar-refractivity contribution in [2.75, 3.05) is 18.0 Å². The minimum absolute atomic E-state index is 0.0364. The van der Waals surface area contributed by atoms with Crippen LogP contribution in [0, 0.1) is 5.92 Å². The van der Waals surface area contributed by atoms with E-state index in [1.807, 2.05) is 16.9 Å². The SMILES string of the molecule is CC1CCN(c2nccn3nc(C(C)(C)C)cc23)CC1Cl. The van der Waals surface area contributed by atoms with Crippen LogP contribution in [0.3, 0.4) is 0 Å². The number of nitrogens with zero attached hydrogens (tertiary/aromatic N) is 4. The monoisotopic (exact) mass is 306 g/mol. The fourth-order valence-electron chi connectivity index (χ4n) is 2.73. The zero-order valence-corrected chi connectivity index (χ0v) is 13.9. The third-order valence-electron chi connectivity index (χ3n) is 4.30. The Morgan fingerprint density at radius 1 is 1.33 bits per heavy atom. The Morgan fingerprint density at radius 3 is 2.76 bits per heavy atom. The Bertz CT molecular complexity index is 643. The van der Waals surface area contributed by atoms with Gasteiger partial charge in [-0.15, -0.1) is 11.6 Å². The molecule has 1 fully saturated rings. The van der Waals surface area contributed by atoms with Crippen molar-refractivity contribution in [1.82, 2.24) is 14.6 Å². The summed E-state index contributed by atoms with van der Waals surface area (Å²) in [4.78, 5) is 6.88. The Kier molecular flexibility index (Phi) is 3.60. The molecule has 3 rings (SSSR count). The largest absolute Gasteiger partial charge is 0.353 e. The summed E-state index contributed by atoms with van der Waals surface area (Å²) >= 11 is 6.45. The van der Waals surface area contributed by atoms with Crippen molar-refractivity contribution in [3.8, 4) is 0 Å². The highest BCUT2D eigenvalue weighted by molar-refractivity contribution is 6.21. The lowest BCUT2D eigenvalue weighted by Gasteiger charge is -2.34. The van der Waals surface area contributed by atoms with Gasteiger partial charge in [-0.25, -0.2) is 9.50 Å². The van der Waals surface area contributed by atoms with Gasteiger partial charge in [0.25, 0.3) is 0 Å². The van der Waals surface area contributed by atoms with Gasteiger partial charge in [-0.1, -0.05) is 27.7 Å². The minimum Gasteiger partial charge on any atom is -0.353 e. The van der Waals surface area contributed by atoms with Gasteiger partial charge in [0.15, 0.2) is 5.82 Å². The molecule has 1 aliphatic heterocycles. The zero-order valence-electron chi connectivity index (χ0n) is 13.2. The molecule has 0 aromatic carbocycles. The van der Waals surface area contributed by atoms with E-state index in [0.717, 1.165) is 36.5 Å². The summed E-state index contributed by atoms with van der Waals surface area (Å²) < 4.78 is 1.93. The van der Waals surface area contributed by atoms with Crippen molar-refractivity contribution in [3.05, 3.63) is 24.2 Å². The Morgan fingerprint density at radius 2 is 2.10 bits per heavy atom. The van der Waals surface area contributed by atoms with Crippen LogP contribution in [-0.4, -0.2) is 33.1 Å². The van der Waals surface area contributed by atoms with Crippen LogP contribution in [0.1, 0.15) is 39.8 Å². The quantitative estimate of drug-likeness (QED) is 0.756. The zero-order chi connectivity index (χ0) is 15.2. The van der Waals surface area contributed by atoms with Gasteiger partial charge in [0.05, 0.1) is 11.1 Å². The van der Waals surface area contributed by atoms with E-state index in [9.17, 15) is 0 Å². The fraction of sp³-hybridized carbons (Fsp3) is 0.625. The third-order valence-corrected chi connectivity index (χ3v) is 4.87. The van der Waals surface area contributed by atoms with Crippen LogP contribution in [0.4, 0.5) is 5.82 Å². The van der Waals surface area contributed by atoms with Gasteiger partial charge in [-0.2, -0.15) is 5.10 Å². The average molecular weight is 307 g/mol. The number of halogens is 1. The average Bonchev–Trinajstić information content (AvgIpc) is 2.86. The van der Waals surface area contributed by atoms with Crippen molar-refractivity contribution in [2.24, 2.45) is 5.92 Å². The summed E-state index contributed by atoms with van der Waals surface area (Å²) in [6.45, 7) is 10.6. The Balaban J connectivity index is 2.01. The standard InChI is InChI=1S/C16H23ClN4/c1-11-5-7-20(10-12(11)17)15-13-9-14(16(2,3)4)19-21(13)8-6-18-15/h6,8-9,11-12H,5,7,10H2,1-4H3. The van der Waals surface area contributed by atoms with Crippen molar-refractivity contribution < 1.29 is 0 Å². The van der Waals surface area contributed by atoms with E-state index >= 15 is 0 Å². The van der Waals surface area contributed by atoms with E-state index in [2.05, 4.69) is 43.6 Å². The maximum atomic E-state index is 6.45. The van der Waals surface area contributed by atoms with Crippen LogP contribution in [-0.2, 0) is 5.41 Å². The first-order chi connectivity index (χ1) is 9.86. The summed E-state index contributed by atoms with van der Waals surface area (Å²) in [6, 6.07) is 2.16. The number of aromatic nitrogens is 3. The Labute approximate surface area is 131 Å². The molecule has 0 spiro atoms. The molecular formula is C16H23ClN4. The number of hydrogen-bond donors (Lipinski definition) is 0. The van der Waals surface area contributed by atoms with Crippen molar-refractivity contribution in [3.63, 3.8) is 0 Å². The molecule has 0 aliphatic carbocycles.